The first-order valence-corrected chi connectivity index (χ1v) is 7.20. The van der Waals surface area contributed by atoms with E-state index in [1.807, 2.05) is 34.9 Å². The van der Waals surface area contributed by atoms with Gasteiger partial charge in [-0.15, -0.1) is 0 Å². The van der Waals surface area contributed by atoms with Gasteiger partial charge in [-0.3, -0.25) is 9.78 Å². The Hall–Kier alpha value is -2.40. The van der Waals surface area contributed by atoms with Gasteiger partial charge in [0.05, 0.1) is 11.7 Å². The molecule has 0 aliphatic rings. The van der Waals surface area contributed by atoms with Gasteiger partial charge in [-0.2, -0.15) is 0 Å². The highest BCUT2D eigenvalue weighted by Crippen LogP contribution is 2.25. The van der Waals surface area contributed by atoms with Crippen LogP contribution in [0.2, 0.25) is 5.02 Å². The fraction of sp³-hybridized carbons (Fsp3) is 0.188. The Kier molecular flexibility index (Phi) is 3.81. The summed E-state index contributed by atoms with van der Waals surface area (Å²) >= 11 is 5.95. The Morgan fingerprint density at radius 1 is 1.23 bits per heavy atom. The molecule has 0 fully saturated rings. The highest BCUT2D eigenvalue weighted by atomic mass is 35.5. The van der Waals surface area contributed by atoms with E-state index in [-0.39, 0.29) is 12.5 Å². The van der Waals surface area contributed by atoms with Crippen LogP contribution < -0.4 is 0 Å². The molecule has 22 heavy (non-hydrogen) atoms. The van der Waals surface area contributed by atoms with Gasteiger partial charge in [0.1, 0.15) is 17.9 Å². The molecule has 6 heteroatoms. The number of rotatable bonds is 3. The third kappa shape index (κ3) is 2.67. The van der Waals surface area contributed by atoms with Crippen molar-refractivity contribution in [1.82, 2.24) is 19.4 Å². The van der Waals surface area contributed by atoms with Crippen molar-refractivity contribution in [3.05, 3.63) is 47.7 Å². The molecular formula is C16H15ClN4O. The molecule has 0 spiro atoms. The molecule has 2 aromatic heterocycles. The van der Waals surface area contributed by atoms with E-state index in [0.717, 1.165) is 22.4 Å². The van der Waals surface area contributed by atoms with E-state index < -0.39 is 0 Å². The first kappa shape index (κ1) is 14.5. The van der Waals surface area contributed by atoms with Crippen LogP contribution in [-0.4, -0.2) is 39.4 Å². The Balaban J connectivity index is 2.16. The molecule has 1 aromatic carbocycles. The molecule has 112 valence electrons. The van der Waals surface area contributed by atoms with E-state index in [4.69, 9.17) is 11.6 Å². The summed E-state index contributed by atoms with van der Waals surface area (Å²) < 4.78 is 1.91. The van der Waals surface area contributed by atoms with Crippen LogP contribution in [0.1, 0.15) is 0 Å². The number of nitrogens with zero attached hydrogens (tertiary/aromatic N) is 4. The fourth-order valence-electron chi connectivity index (χ4n) is 2.24. The van der Waals surface area contributed by atoms with E-state index in [1.54, 1.807) is 31.4 Å². The fourth-order valence-corrected chi connectivity index (χ4v) is 2.36. The number of halogens is 1. The second-order valence-electron chi connectivity index (χ2n) is 5.18. The second-order valence-corrected chi connectivity index (χ2v) is 5.62. The third-order valence-corrected chi connectivity index (χ3v) is 3.70. The van der Waals surface area contributed by atoms with Crippen LogP contribution in [0, 0.1) is 0 Å². The van der Waals surface area contributed by atoms with Gasteiger partial charge >= 0.3 is 0 Å². The minimum absolute atomic E-state index is 0.00586. The van der Waals surface area contributed by atoms with Crippen molar-refractivity contribution >= 4 is 28.5 Å². The van der Waals surface area contributed by atoms with Crippen LogP contribution in [-0.2, 0) is 11.3 Å². The Bertz CT molecular complexity index is 824. The maximum atomic E-state index is 12.1. The van der Waals surface area contributed by atoms with Crippen LogP contribution in [0.5, 0.6) is 0 Å². The Morgan fingerprint density at radius 3 is 2.64 bits per heavy atom. The van der Waals surface area contributed by atoms with Crippen molar-refractivity contribution in [3.8, 4) is 11.4 Å². The number of benzene rings is 1. The summed E-state index contributed by atoms with van der Waals surface area (Å²) in [5.74, 6) is 0.737. The summed E-state index contributed by atoms with van der Waals surface area (Å²) in [6.07, 6.45) is 3.40. The number of carbonyl (C=O) groups excluding carboxylic acids is 1. The number of hydrogen-bond donors (Lipinski definition) is 0. The number of imidazole rings is 1. The predicted molar refractivity (Wildman–Crippen MR) is 86.7 cm³/mol. The van der Waals surface area contributed by atoms with Crippen molar-refractivity contribution in [3.63, 3.8) is 0 Å². The van der Waals surface area contributed by atoms with Crippen LogP contribution in [0.15, 0.2) is 42.7 Å². The zero-order chi connectivity index (χ0) is 15.7. The zero-order valence-corrected chi connectivity index (χ0v) is 13.1. The second kappa shape index (κ2) is 5.77. The molecule has 1 amide bonds. The first-order chi connectivity index (χ1) is 10.6. The number of likely N-dealkylation sites (N-methyl/N-ethyl adjacent to an activating group) is 1. The van der Waals surface area contributed by atoms with E-state index in [2.05, 4.69) is 9.97 Å². The maximum absolute atomic E-state index is 12.1. The van der Waals surface area contributed by atoms with Gasteiger partial charge in [0.25, 0.3) is 0 Å². The molecule has 3 aromatic rings. The van der Waals surface area contributed by atoms with Gasteiger partial charge in [0.15, 0.2) is 0 Å². The highest BCUT2D eigenvalue weighted by Gasteiger charge is 2.16. The number of carbonyl (C=O) groups is 1. The lowest BCUT2D eigenvalue weighted by Gasteiger charge is -2.13. The van der Waals surface area contributed by atoms with Gasteiger partial charge in [-0.25, -0.2) is 4.98 Å². The molecule has 2 heterocycles. The summed E-state index contributed by atoms with van der Waals surface area (Å²) in [6.45, 7) is 0.228. The summed E-state index contributed by atoms with van der Waals surface area (Å²) in [7, 11) is 3.48. The summed E-state index contributed by atoms with van der Waals surface area (Å²) in [5.41, 5.74) is 2.56. The molecule has 0 aliphatic heterocycles. The molecule has 0 saturated heterocycles. The molecule has 0 saturated carbocycles. The van der Waals surface area contributed by atoms with Gasteiger partial charge in [-0.1, -0.05) is 11.6 Å². The molecule has 0 atom stereocenters. The lowest BCUT2D eigenvalue weighted by Crippen LogP contribution is -2.26. The monoisotopic (exact) mass is 314 g/mol. The number of aromatic nitrogens is 3. The SMILES string of the molecule is CN(C)C(=O)Cn1c(-c2ccc(Cl)cc2)nc2cnccc21. The highest BCUT2D eigenvalue weighted by molar-refractivity contribution is 6.30. The predicted octanol–water partition coefficient (Wildman–Crippen LogP) is 2.84. The molecule has 0 bridgehead atoms. The van der Waals surface area contributed by atoms with Crippen LogP contribution in [0.25, 0.3) is 22.4 Å². The Labute approximate surface area is 133 Å². The number of pyridine rings is 1. The molecule has 0 N–H and O–H groups in total. The molecule has 3 rings (SSSR count). The maximum Gasteiger partial charge on any atom is 0.242 e. The average molecular weight is 315 g/mol. The summed E-state index contributed by atoms with van der Waals surface area (Å²) in [5, 5.41) is 0.664. The molecule has 0 unspecified atom stereocenters. The lowest BCUT2D eigenvalue weighted by atomic mass is 10.2. The number of amides is 1. The van der Waals surface area contributed by atoms with Gasteiger partial charge in [0, 0.05) is 30.9 Å². The van der Waals surface area contributed by atoms with Gasteiger partial charge in [-0.05, 0) is 30.3 Å². The van der Waals surface area contributed by atoms with Crippen LogP contribution in [0.3, 0.4) is 0 Å². The summed E-state index contributed by atoms with van der Waals surface area (Å²) in [4.78, 5) is 22.4. The van der Waals surface area contributed by atoms with E-state index in [0.29, 0.717) is 5.02 Å². The standard InChI is InChI=1S/C16H15ClN4O/c1-20(2)15(22)10-21-14-7-8-18-9-13(14)19-16(21)11-3-5-12(17)6-4-11/h3-9H,10H2,1-2H3. The van der Waals surface area contributed by atoms with E-state index in [1.165, 1.54) is 0 Å². The Morgan fingerprint density at radius 2 is 1.95 bits per heavy atom. The normalized spacial score (nSPS) is 10.9. The molecular weight excluding hydrogens is 300 g/mol. The van der Waals surface area contributed by atoms with Gasteiger partial charge < -0.3 is 9.47 Å². The van der Waals surface area contributed by atoms with Gasteiger partial charge in [0.2, 0.25) is 5.91 Å². The average Bonchev–Trinajstić information content (AvgIpc) is 2.87. The minimum Gasteiger partial charge on any atom is -0.347 e. The van der Waals surface area contributed by atoms with Crippen molar-refractivity contribution in [2.24, 2.45) is 0 Å². The molecule has 0 aliphatic carbocycles. The quantitative estimate of drug-likeness (QED) is 0.747. The largest absolute Gasteiger partial charge is 0.347 e. The molecule has 5 nitrogen and oxygen atoms in total. The van der Waals surface area contributed by atoms with Crippen molar-refractivity contribution in [2.75, 3.05) is 14.1 Å². The van der Waals surface area contributed by atoms with Crippen LogP contribution >= 0.6 is 11.6 Å². The van der Waals surface area contributed by atoms with Crippen molar-refractivity contribution in [2.45, 2.75) is 6.54 Å². The van der Waals surface area contributed by atoms with E-state index in [9.17, 15) is 4.79 Å². The third-order valence-electron chi connectivity index (χ3n) is 3.45. The van der Waals surface area contributed by atoms with Crippen LogP contribution in [0.4, 0.5) is 0 Å². The topological polar surface area (TPSA) is 51.0 Å². The van der Waals surface area contributed by atoms with Crippen molar-refractivity contribution in [1.29, 1.82) is 0 Å². The number of hydrogen-bond acceptors (Lipinski definition) is 3. The zero-order valence-electron chi connectivity index (χ0n) is 12.3. The minimum atomic E-state index is 0.00586. The lowest BCUT2D eigenvalue weighted by molar-refractivity contribution is -0.129. The smallest absolute Gasteiger partial charge is 0.242 e. The first-order valence-electron chi connectivity index (χ1n) is 6.82. The summed E-state index contributed by atoms with van der Waals surface area (Å²) in [6, 6.07) is 9.28. The molecule has 0 radical (unpaired) electrons. The van der Waals surface area contributed by atoms with E-state index >= 15 is 0 Å². The van der Waals surface area contributed by atoms with Crippen molar-refractivity contribution < 1.29 is 4.79 Å². The number of fused-ring (bicyclic) bond motifs is 1.